The van der Waals surface area contributed by atoms with Crippen LogP contribution >= 0.6 is 0 Å². The van der Waals surface area contributed by atoms with E-state index in [-0.39, 0.29) is 24.3 Å². The molecule has 2 heterocycles. The van der Waals surface area contributed by atoms with Gasteiger partial charge in [-0.3, -0.25) is 19.3 Å². The second kappa shape index (κ2) is 11.0. The van der Waals surface area contributed by atoms with Crippen molar-refractivity contribution in [2.24, 2.45) is 0 Å². The van der Waals surface area contributed by atoms with Crippen molar-refractivity contribution in [1.29, 1.82) is 0 Å². The van der Waals surface area contributed by atoms with Crippen LogP contribution in [0.4, 0.5) is 0 Å². The molecule has 0 aromatic heterocycles. The topological polar surface area (TPSA) is 70.2 Å². The monoisotopic (exact) mass is 525 g/mol. The van der Waals surface area contributed by atoms with Crippen LogP contribution in [0.3, 0.4) is 0 Å². The SMILES string of the molecule is Cc1ccc(C(=O)N2[C@H](C(=O)N(C)Cc3ccccc3)COC23CCN(C(=O)c2ccccc2C)CC3)cc1. The minimum atomic E-state index is -0.946. The van der Waals surface area contributed by atoms with Gasteiger partial charge in [0.2, 0.25) is 5.91 Å². The van der Waals surface area contributed by atoms with E-state index in [0.29, 0.717) is 43.6 Å². The van der Waals surface area contributed by atoms with Gasteiger partial charge in [0.05, 0.1) is 6.61 Å². The third-order valence-electron chi connectivity index (χ3n) is 7.91. The Balaban J connectivity index is 1.39. The van der Waals surface area contributed by atoms with Gasteiger partial charge in [-0.1, -0.05) is 66.2 Å². The van der Waals surface area contributed by atoms with E-state index in [4.69, 9.17) is 4.74 Å². The van der Waals surface area contributed by atoms with Crippen LogP contribution < -0.4 is 0 Å². The van der Waals surface area contributed by atoms with Crippen molar-refractivity contribution < 1.29 is 19.1 Å². The number of nitrogens with zero attached hydrogens (tertiary/aromatic N) is 3. The Kier molecular flexibility index (Phi) is 7.53. The van der Waals surface area contributed by atoms with Gasteiger partial charge in [-0.2, -0.15) is 0 Å². The van der Waals surface area contributed by atoms with Gasteiger partial charge in [-0.25, -0.2) is 0 Å². The zero-order chi connectivity index (χ0) is 27.6. The van der Waals surface area contributed by atoms with Gasteiger partial charge in [0.15, 0.2) is 0 Å². The van der Waals surface area contributed by atoms with Crippen molar-refractivity contribution in [3.8, 4) is 0 Å². The number of likely N-dealkylation sites (N-methyl/N-ethyl adjacent to an activating group) is 1. The lowest BCUT2D eigenvalue weighted by molar-refractivity contribution is -0.137. The van der Waals surface area contributed by atoms with Crippen molar-refractivity contribution in [2.45, 2.75) is 45.0 Å². The summed E-state index contributed by atoms with van der Waals surface area (Å²) in [5.74, 6) is -0.403. The maximum atomic E-state index is 14.0. The van der Waals surface area contributed by atoms with E-state index in [9.17, 15) is 14.4 Å². The van der Waals surface area contributed by atoms with Crippen molar-refractivity contribution in [1.82, 2.24) is 14.7 Å². The molecule has 0 radical (unpaired) electrons. The molecule has 0 bridgehead atoms. The molecule has 7 heteroatoms. The number of ether oxygens (including phenoxy) is 1. The van der Waals surface area contributed by atoms with Crippen molar-refractivity contribution in [3.05, 3.63) is 107 Å². The minimum Gasteiger partial charge on any atom is -0.353 e. The first-order valence-electron chi connectivity index (χ1n) is 13.5. The normalized spacial score (nSPS) is 18.3. The fourth-order valence-corrected chi connectivity index (χ4v) is 5.62. The highest BCUT2D eigenvalue weighted by Crippen LogP contribution is 2.39. The van der Waals surface area contributed by atoms with Crippen LogP contribution in [-0.2, 0) is 16.1 Å². The third-order valence-corrected chi connectivity index (χ3v) is 7.91. The standard InChI is InChI=1S/C32H35N3O4/c1-23-13-15-26(16-14-23)29(36)35-28(31(38)33(3)21-25-10-5-4-6-11-25)22-39-32(35)17-19-34(20-18-32)30(37)27-12-8-7-9-24(27)2/h4-16,28H,17-22H2,1-3H3/t28-/m0/s1. The molecule has 1 spiro atoms. The maximum absolute atomic E-state index is 14.0. The summed E-state index contributed by atoms with van der Waals surface area (Å²) in [6.07, 6.45) is 0.878. The molecule has 2 saturated heterocycles. The van der Waals surface area contributed by atoms with Gasteiger partial charge in [0, 0.05) is 50.7 Å². The Morgan fingerprint density at radius 2 is 1.51 bits per heavy atom. The fraction of sp³-hybridized carbons (Fsp3) is 0.344. The summed E-state index contributed by atoms with van der Waals surface area (Å²) in [6.45, 7) is 5.34. The quantitative estimate of drug-likeness (QED) is 0.494. The molecule has 2 aliphatic heterocycles. The Morgan fingerprint density at radius 1 is 0.872 bits per heavy atom. The molecule has 0 aliphatic carbocycles. The fourth-order valence-electron chi connectivity index (χ4n) is 5.62. The summed E-state index contributed by atoms with van der Waals surface area (Å²) in [5.41, 5.74) is 3.26. The first-order valence-corrected chi connectivity index (χ1v) is 13.5. The predicted octanol–water partition coefficient (Wildman–Crippen LogP) is 4.44. The van der Waals surface area contributed by atoms with Gasteiger partial charge in [0.1, 0.15) is 11.8 Å². The van der Waals surface area contributed by atoms with E-state index in [1.807, 2.05) is 85.5 Å². The van der Waals surface area contributed by atoms with E-state index in [1.165, 1.54) is 0 Å². The average Bonchev–Trinajstić information content (AvgIpc) is 3.31. The highest BCUT2D eigenvalue weighted by atomic mass is 16.5. The molecule has 0 saturated carbocycles. The van der Waals surface area contributed by atoms with Gasteiger partial charge in [-0.05, 0) is 43.2 Å². The molecule has 2 aliphatic rings. The largest absolute Gasteiger partial charge is 0.353 e. The Bertz CT molecular complexity index is 1350. The first kappa shape index (κ1) is 26.6. The van der Waals surface area contributed by atoms with E-state index in [2.05, 4.69) is 0 Å². The Hall–Kier alpha value is -3.97. The molecule has 39 heavy (non-hydrogen) atoms. The van der Waals surface area contributed by atoms with Crippen LogP contribution in [0.25, 0.3) is 0 Å². The lowest BCUT2D eigenvalue weighted by atomic mass is 9.95. The van der Waals surface area contributed by atoms with E-state index in [1.54, 1.807) is 29.0 Å². The van der Waals surface area contributed by atoms with Crippen molar-refractivity contribution in [2.75, 3.05) is 26.7 Å². The number of amides is 3. The number of aryl methyl sites for hydroxylation is 2. The number of benzene rings is 3. The van der Waals surface area contributed by atoms with E-state index < -0.39 is 11.8 Å². The molecule has 5 rings (SSSR count). The van der Waals surface area contributed by atoms with Crippen LogP contribution in [-0.4, -0.2) is 70.9 Å². The molecule has 7 nitrogen and oxygen atoms in total. The van der Waals surface area contributed by atoms with Gasteiger partial charge < -0.3 is 14.5 Å². The molecule has 0 N–H and O–H groups in total. The molecular weight excluding hydrogens is 490 g/mol. The highest BCUT2D eigenvalue weighted by molar-refractivity contribution is 5.99. The number of carbonyl (C=O) groups is 3. The van der Waals surface area contributed by atoms with Gasteiger partial charge in [-0.15, -0.1) is 0 Å². The lowest BCUT2D eigenvalue weighted by Crippen LogP contribution is -2.59. The zero-order valence-corrected chi connectivity index (χ0v) is 22.8. The van der Waals surface area contributed by atoms with E-state index in [0.717, 1.165) is 16.7 Å². The second-order valence-electron chi connectivity index (χ2n) is 10.6. The average molecular weight is 526 g/mol. The third kappa shape index (κ3) is 5.32. The molecule has 3 amide bonds. The zero-order valence-electron chi connectivity index (χ0n) is 22.8. The van der Waals surface area contributed by atoms with Crippen molar-refractivity contribution in [3.63, 3.8) is 0 Å². The van der Waals surface area contributed by atoms with Crippen LogP contribution in [0.15, 0.2) is 78.9 Å². The Morgan fingerprint density at radius 3 is 2.18 bits per heavy atom. The van der Waals surface area contributed by atoms with Crippen LogP contribution in [0.5, 0.6) is 0 Å². The highest BCUT2D eigenvalue weighted by Gasteiger charge is 2.54. The van der Waals surface area contributed by atoms with Crippen LogP contribution in [0.2, 0.25) is 0 Å². The molecule has 3 aromatic carbocycles. The Labute approximate surface area is 230 Å². The number of rotatable bonds is 5. The number of hydrogen-bond acceptors (Lipinski definition) is 4. The molecule has 2 fully saturated rings. The van der Waals surface area contributed by atoms with Gasteiger partial charge >= 0.3 is 0 Å². The lowest BCUT2D eigenvalue weighted by Gasteiger charge is -2.45. The minimum absolute atomic E-state index is 0.0208. The smallest absolute Gasteiger partial charge is 0.256 e. The summed E-state index contributed by atoms with van der Waals surface area (Å²) in [4.78, 5) is 46.2. The molecule has 202 valence electrons. The van der Waals surface area contributed by atoms with Crippen molar-refractivity contribution >= 4 is 17.7 Å². The summed E-state index contributed by atoms with van der Waals surface area (Å²) < 4.78 is 6.37. The molecule has 3 aromatic rings. The number of likely N-dealkylation sites (tertiary alicyclic amines) is 1. The summed E-state index contributed by atoms with van der Waals surface area (Å²) in [5, 5.41) is 0. The summed E-state index contributed by atoms with van der Waals surface area (Å²) in [6, 6.07) is 24.0. The molecule has 0 unspecified atom stereocenters. The maximum Gasteiger partial charge on any atom is 0.256 e. The number of carbonyl (C=O) groups excluding carboxylic acids is 3. The number of piperidine rings is 1. The van der Waals surface area contributed by atoms with Gasteiger partial charge in [0.25, 0.3) is 11.8 Å². The molecule has 1 atom stereocenters. The van der Waals surface area contributed by atoms with Crippen LogP contribution in [0.1, 0.15) is 50.2 Å². The summed E-state index contributed by atoms with van der Waals surface area (Å²) >= 11 is 0. The summed E-state index contributed by atoms with van der Waals surface area (Å²) in [7, 11) is 1.76. The number of hydrogen-bond donors (Lipinski definition) is 0. The predicted molar refractivity (Wildman–Crippen MR) is 149 cm³/mol. The second-order valence-corrected chi connectivity index (χ2v) is 10.6. The van der Waals surface area contributed by atoms with E-state index >= 15 is 0 Å². The first-order chi connectivity index (χ1) is 18.8. The molecular formula is C32H35N3O4. The van der Waals surface area contributed by atoms with Crippen LogP contribution in [0, 0.1) is 13.8 Å².